The lowest BCUT2D eigenvalue weighted by Crippen LogP contribution is -2.35. The van der Waals surface area contributed by atoms with Crippen LogP contribution in [0.1, 0.15) is 29.6 Å². The molecule has 2 heterocycles. The predicted molar refractivity (Wildman–Crippen MR) is 85.7 cm³/mol. The Kier molecular flexibility index (Phi) is 4.49. The molecule has 2 aromatic rings. The molecule has 3 rings (SSSR count). The van der Waals surface area contributed by atoms with Crippen LogP contribution >= 0.6 is 0 Å². The molecule has 1 fully saturated rings. The van der Waals surface area contributed by atoms with Crippen molar-refractivity contribution in [1.82, 2.24) is 4.31 Å². The number of nitrogens with zero attached hydrogens (tertiary/aromatic N) is 1. The number of hydrogen-bond acceptors (Lipinski definition) is 4. The summed E-state index contributed by atoms with van der Waals surface area (Å²) in [5.41, 5.74) is 0.823. The Hall–Kier alpha value is -2.12. The Bertz CT molecular complexity index is 778. The Morgan fingerprint density at radius 2 is 1.91 bits per heavy atom. The van der Waals surface area contributed by atoms with E-state index in [-0.39, 0.29) is 10.8 Å². The normalized spacial score (nSPS) is 16.2. The molecular formula is C16H18N2O4S. The Labute approximate surface area is 135 Å². The molecule has 0 saturated carbocycles. The topological polar surface area (TPSA) is 79.6 Å². The maximum Gasteiger partial charge on any atom is 0.258 e. The minimum atomic E-state index is -3.51. The average Bonchev–Trinajstić information content (AvgIpc) is 3.10. The molecule has 1 aliphatic heterocycles. The van der Waals surface area contributed by atoms with Gasteiger partial charge in [0, 0.05) is 18.8 Å². The van der Waals surface area contributed by atoms with Crippen molar-refractivity contribution in [3.63, 3.8) is 0 Å². The van der Waals surface area contributed by atoms with Crippen LogP contribution in [0.4, 0.5) is 5.69 Å². The van der Waals surface area contributed by atoms with Crippen molar-refractivity contribution >= 4 is 21.6 Å². The van der Waals surface area contributed by atoms with E-state index in [0.29, 0.717) is 24.3 Å². The molecule has 1 amide bonds. The highest BCUT2D eigenvalue weighted by Gasteiger charge is 2.26. The first-order valence-corrected chi connectivity index (χ1v) is 8.95. The van der Waals surface area contributed by atoms with Gasteiger partial charge < -0.3 is 9.73 Å². The van der Waals surface area contributed by atoms with Crippen molar-refractivity contribution in [3.05, 3.63) is 48.4 Å². The Morgan fingerprint density at radius 1 is 1.13 bits per heavy atom. The van der Waals surface area contributed by atoms with Crippen molar-refractivity contribution in [2.75, 3.05) is 18.4 Å². The van der Waals surface area contributed by atoms with E-state index in [4.69, 9.17) is 4.42 Å². The molecule has 0 unspecified atom stereocenters. The van der Waals surface area contributed by atoms with Crippen molar-refractivity contribution in [2.45, 2.75) is 24.2 Å². The van der Waals surface area contributed by atoms with Crippen LogP contribution in [0.15, 0.2) is 52.2 Å². The fourth-order valence-corrected chi connectivity index (χ4v) is 4.15. The van der Waals surface area contributed by atoms with Crippen LogP contribution in [0.3, 0.4) is 0 Å². The van der Waals surface area contributed by atoms with Crippen LogP contribution in [-0.4, -0.2) is 31.7 Å². The third-order valence-corrected chi connectivity index (χ3v) is 5.72. The predicted octanol–water partition coefficient (Wildman–Crippen LogP) is 2.71. The van der Waals surface area contributed by atoms with E-state index in [1.54, 1.807) is 24.3 Å². The monoisotopic (exact) mass is 334 g/mol. The number of benzene rings is 1. The third kappa shape index (κ3) is 3.46. The maximum absolute atomic E-state index is 12.7. The molecule has 1 aromatic heterocycles. The zero-order valence-corrected chi connectivity index (χ0v) is 13.4. The molecule has 6 nitrogen and oxygen atoms in total. The molecule has 23 heavy (non-hydrogen) atoms. The number of carbonyl (C=O) groups is 1. The maximum atomic E-state index is 12.7. The van der Waals surface area contributed by atoms with Crippen LogP contribution in [0, 0.1) is 0 Å². The number of carbonyl (C=O) groups excluding carboxylic acids is 1. The Balaban J connectivity index is 1.80. The average molecular weight is 334 g/mol. The van der Waals surface area contributed by atoms with Gasteiger partial charge in [0.15, 0.2) is 0 Å². The lowest BCUT2D eigenvalue weighted by molar-refractivity contribution is 0.102. The molecular weight excluding hydrogens is 316 g/mol. The number of hydrogen-bond donors (Lipinski definition) is 1. The van der Waals surface area contributed by atoms with Gasteiger partial charge in [-0.15, -0.1) is 0 Å². The van der Waals surface area contributed by atoms with E-state index in [0.717, 1.165) is 19.3 Å². The van der Waals surface area contributed by atoms with Gasteiger partial charge in [0.2, 0.25) is 10.0 Å². The molecule has 122 valence electrons. The highest BCUT2D eigenvalue weighted by Crippen LogP contribution is 2.23. The molecule has 0 radical (unpaired) electrons. The minimum absolute atomic E-state index is 0.199. The summed E-state index contributed by atoms with van der Waals surface area (Å²) < 4.78 is 31.7. The van der Waals surface area contributed by atoms with Gasteiger partial charge >= 0.3 is 0 Å². The number of nitrogens with one attached hydrogen (secondary N) is 1. The molecule has 0 bridgehead atoms. The van der Waals surface area contributed by atoms with Gasteiger partial charge in [0.05, 0.1) is 16.7 Å². The second kappa shape index (κ2) is 6.55. The lowest BCUT2D eigenvalue weighted by Gasteiger charge is -2.26. The summed E-state index contributed by atoms with van der Waals surface area (Å²) in [5, 5.41) is 2.68. The van der Waals surface area contributed by atoms with Crippen LogP contribution in [0.2, 0.25) is 0 Å². The molecule has 1 aromatic carbocycles. The highest BCUT2D eigenvalue weighted by molar-refractivity contribution is 7.89. The second-order valence-corrected chi connectivity index (χ2v) is 7.40. The third-order valence-electron chi connectivity index (χ3n) is 3.83. The number of anilines is 1. The fraction of sp³-hybridized carbons (Fsp3) is 0.312. The number of amides is 1. The number of furan rings is 1. The van der Waals surface area contributed by atoms with Crippen molar-refractivity contribution in [1.29, 1.82) is 0 Å². The summed E-state index contributed by atoms with van der Waals surface area (Å²) in [5.74, 6) is -0.341. The summed E-state index contributed by atoms with van der Waals surface area (Å²) >= 11 is 0. The molecule has 1 saturated heterocycles. The summed E-state index contributed by atoms with van der Waals surface area (Å²) in [6.45, 7) is 1.10. The van der Waals surface area contributed by atoms with E-state index in [9.17, 15) is 13.2 Å². The van der Waals surface area contributed by atoms with Crippen molar-refractivity contribution < 1.29 is 17.6 Å². The molecule has 0 aliphatic carbocycles. The zero-order valence-electron chi connectivity index (χ0n) is 12.6. The van der Waals surface area contributed by atoms with Gasteiger partial charge in [-0.25, -0.2) is 8.42 Å². The zero-order chi connectivity index (χ0) is 16.3. The van der Waals surface area contributed by atoms with Crippen molar-refractivity contribution in [3.8, 4) is 0 Å². The van der Waals surface area contributed by atoms with Gasteiger partial charge in [-0.2, -0.15) is 4.31 Å². The van der Waals surface area contributed by atoms with Gasteiger partial charge in [0.25, 0.3) is 5.91 Å². The molecule has 0 spiro atoms. The summed E-state index contributed by atoms with van der Waals surface area (Å²) in [6.07, 6.45) is 5.58. The van der Waals surface area contributed by atoms with Crippen LogP contribution in [0.5, 0.6) is 0 Å². The van der Waals surface area contributed by atoms with Crippen LogP contribution in [0.25, 0.3) is 0 Å². The second-order valence-electron chi connectivity index (χ2n) is 5.46. The minimum Gasteiger partial charge on any atom is -0.472 e. The number of sulfonamides is 1. The number of piperidine rings is 1. The lowest BCUT2D eigenvalue weighted by atomic mass is 10.2. The van der Waals surface area contributed by atoms with Crippen LogP contribution in [-0.2, 0) is 10.0 Å². The fourth-order valence-electron chi connectivity index (χ4n) is 2.59. The van der Waals surface area contributed by atoms with Gasteiger partial charge in [0.1, 0.15) is 6.26 Å². The summed E-state index contributed by atoms with van der Waals surface area (Å²) in [4.78, 5) is 12.2. The van der Waals surface area contributed by atoms with E-state index in [1.807, 2.05) is 0 Å². The molecule has 1 N–H and O–H groups in total. The van der Waals surface area contributed by atoms with Gasteiger partial charge in [-0.3, -0.25) is 4.79 Å². The largest absolute Gasteiger partial charge is 0.472 e. The van der Waals surface area contributed by atoms with Gasteiger partial charge in [-0.1, -0.05) is 12.5 Å². The van der Waals surface area contributed by atoms with E-state index >= 15 is 0 Å². The SMILES string of the molecule is O=C(Nc1cccc(S(=O)(=O)N2CCCCC2)c1)c1ccoc1. The van der Waals surface area contributed by atoms with E-state index < -0.39 is 10.0 Å². The van der Waals surface area contributed by atoms with Gasteiger partial charge in [-0.05, 0) is 37.1 Å². The van der Waals surface area contributed by atoms with E-state index in [1.165, 1.54) is 22.9 Å². The number of rotatable bonds is 4. The van der Waals surface area contributed by atoms with E-state index in [2.05, 4.69) is 5.32 Å². The first-order valence-electron chi connectivity index (χ1n) is 7.51. The Morgan fingerprint density at radius 3 is 2.61 bits per heavy atom. The first kappa shape index (κ1) is 15.8. The molecule has 0 atom stereocenters. The van der Waals surface area contributed by atoms with Crippen molar-refractivity contribution in [2.24, 2.45) is 0 Å². The highest BCUT2D eigenvalue weighted by atomic mass is 32.2. The smallest absolute Gasteiger partial charge is 0.258 e. The molecule has 1 aliphatic rings. The summed E-state index contributed by atoms with van der Waals surface area (Å²) in [6, 6.07) is 7.87. The molecule has 7 heteroatoms. The van der Waals surface area contributed by atoms with Crippen LogP contribution < -0.4 is 5.32 Å². The summed E-state index contributed by atoms with van der Waals surface area (Å²) in [7, 11) is -3.51. The standard InChI is InChI=1S/C16H18N2O4S/c19-16(13-7-10-22-12-13)17-14-5-4-6-15(11-14)23(20,21)18-8-2-1-3-9-18/h4-7,10-12H,1-3,8-9H2,(H,17,19). The quantitative estimate of drug-likeness (QED) is 0.932. The first-order chi connectivity index (χ1) is 11.1.